The minimum atomic E-state index is -0.259. The number of aromatic nitrogens is 4. The Bertz CT molecular complexity index is 1170. The van der Waals surface area contributed by atoms with E-state index < -0.39 is 0 Å². The zero-order valence-electron chi connectivity index (χ0n) is 17.1. The van der Waals surface area contributed by atoms with Crippen molar-refractivity contribution in [3.8, 4) is 5.95 Å². The van der Waals surface area contributed by atoms with Crippen LogP contribution < -0.4 is 10.2 Å². The molecule has 5 rings (SSSR count). The van der Waals surface area contributed by atoms with Crippen LogP contribution in [0.2, 0.25) is 0 Å². The quantitative estimate of drug-likeness (QED) is 0.536. The van der Waals surface area contributed by atoms with Crippen molar-refractivity contribution >= 4 is 22.7 Å². The normalized spacial score (nSPS) is 16.9. The Morgan fingerprint density at radius 3 is 3.03 bits per heavy atom. The van der Waals surface area contributed by atoms with Crippen molar-refractivity contribution in [2.45, 2.75) is 38.3 Å². The Kier molecular flexibility index (Phi) is 5.35. The van der Waals surface area contributed by atoms with Gasteiger partial charge in [0, 0.05) is 37.1 Å². The summed E-state index contributed by atoms with van der Waals surface area (Å²) in [5.74, 6) is 1.34. The van der Waals surface area contributed by atoms with Gasteiger partial charge in [0.25, 0.3) is 0 Å². The van der Waals surface area contributed by atoms with E-state index in [0.29, 0.717) is 12.5 Å². The molecule has 158 valence electrons. The fourth-order valence-electron chi connectivity index (χ4n) is 4.09. The molecule has 1 amide bonds. The lowest BCUT2D eigenvalue weighted by molar-refractivity contribution is -0.122. The number of hydrogen-bond acceptors (Lipinski definition) is 6. The molecule has 0 saturated carbocycles. The number of nitrogens with zero attached hydrogens (tertiary/aromatic N) is 5. The van der Waals surface area contributed by atoms with Crippen LogP contribution >= 0.6 is 0 Å². The number of amides is 1. The van der Waals surface area contributed by atoms with Gasteiger partial charge in [0.2, 0.25) is 11.9 Å². The summed E-state index contributed by atoms with van der Waals surface area (Å²) >= 11 is 0. The van der Waals surface area contributed by atoms with Crippen molar-refractivity contribution in [1.29, 1.82) is 0 Å². The van der Waals surface area contributed by atoms with Gasteiger partial charge in [-0.05, 0) is 42.7 Å². The molecule has 0 aliphatic carbocycles. The largest absolute Gasteiger partial charge is 0.464 e. The molecule has 0 spiro atoms. The number of benzene rings is 1. The zero-order chi connectivity index (χ0) is 21.0. The van der Waals surface area contributed by atoms with Gasteiger partial charge < -0.3 is 14.6 Å². The summed E-state index contributed by atoms with van der Waals surface area (Å²) in [5, 5.41) is 4.16. The third-order valence-electron chi connectivity index (χ3n) is 5.70. The topological polar surface area (TPSA) is 89.1 Å². The molecule has 4 aromatic rings. The van der Waals surface area contributed by atoms with Gasteiger partial charge in [-0.3, -0.25) is 9.36 Å². The summed E-state index contributed by atoms with van der Waals surface area (Å²) in [6.45, 7) is 1.27. The Labute approximate surface area is 179 Å². The van der Waals surface area contributed by atoms with Crippen molar-refractivity contribution in [2.75, 3.05) is 11.4 Å². The van der Waals surface area contributed by atoms with E-state index >= 15 is 0 Å². The SMILES string of the molecule is O=C(NCc1ccc2occc2c1)C1CCCCCN1c1ccnc(-n2ccnc2)n1. The van der Waals surface area contributed by atoms with Crippen LogP contribution in [0.3, 0.4) is 0 Å². The molecule has 31 heavy (non-hydrogen) atoms. The summed E-state index contributed by atoms with van der Waals surface area (Å²) in [6.07, 6.45) is 12.5. The molecule has 0 radical (unpaired) electrons. The highest BCUT2D eigenvalue weighted by atomic mass is 16.3. The van der Waals surface area contributed by atoms with Gasteiger partial charge in [-0.1, -0.05) is 18.9 Å². The minimum Gasteiger partial charge on any atom is -0.464 e. The first-order valence-corrected chi connectivity index (χ1v) is 10.6. The predicted octanol–water partition coefficient (Wildman–Crippen LogP) is 3.47. The van der Waals surface area contributed by atoms with Gasteiger partial charge in [-0.15, -0.1) is 0 Å². The molecule has 8 heteroatoms. The molecule has 0 bridgehead atoms. The molecular weight excluding hydrogens is 392 g/mol. The van der Waals surface area contributed by atoms with E-state index in [-0.39, 0.29) is 11.9 Å². The monoisotopic (exact) mass is 416 g/mol. The number of carbonyl (C=O) groups excluding carboxylic acids is 1. The number of fused-ring (bicyclic) bond motifs is 1. The summed E-state index contributed by atoms with van der Waals surface area (Å²) < 4.78 is 7.16. The molecule has 4 heterocycles. The first-order valence-electron chi connectivity index (χ1n) is 10.6. The van der Waals surface area contributed by atoms with Crippen LogP contribution in [0.4, 0.5) is 5.82 Å². The zero-order valence-corrected chi connectivity index (χ0v) is 17.1. The van der Waals surface area contributed by atoms with E-state index in [4.69, 9.17) is 9.40 Å². The van der Waals surface area contributed by atoms with Crippen LogP contribution in [0.15, 0.2) is 65.9 Å². The number of anilines is 1. The minimum absolute atomic E-state index is 0.0250. The van der Waals surface area contributed by atoms with E-state index in [0.717, 1.165) is 54.6 Å². The van der Waals surface area contributed by atoms with Crippen LogP contribution in [0.25, 0.3) is 16.9 Å². The Hall–Kier alpha value is -3.68. The lowest BCUT2D eigenvalue weighted by atomic mass is 10.1. The Balaban J connectivity index is 1.34. The fraction of sp³-hybridized carbons (Fsp3) is 0.304. The van der Waals surface area contributed by atoms with Crippen LogP contribution in [-0.4, -0.2) is 38.0 Å². The second-order valence-electron chi connectivity index (χ2n) is 7.75. The molecule has 8 nitrogen and oxygen atoms in total. The van der Waals surface area contributed by atoms with Gasteiger partial charge in [-0.25, -0.2) is 9.97 Å². The number of hydrogen-bond donors (Lipinski definition) is 1. The maximum absolute atomic E-state index is 13.2. The standard InChI is InChI=1S/C23H24N6O2/c30-22(26-15-17-5-6-20-18(14-17)8-13-31-20)19-4-2-1-3-11-29(19)21-7-9-25-23(27-21)28-12-10-24-16-28/h5-10,12-14,16,19H,1-4,11,15H2,(H,26,30). The van der Waals surface area contributed by atoms with Crippen molar-refractivity contribution in [3.63, 3.8) is 0 Å². The van der Waals surface area contributed by atoms with E-state index in [1.165, 1.54) is 0 Å². The van der Waals surface area contributed by atoms with Gasteiger partial charge >= 0.3 is 0 Å². The highest BCUT2D eigenvalue weighted by Gasteiger charge is 2.28. The maximum atomic E-state index is 13.2. The molecular formula is C23H24N6O2. The number of furan rings is 1. The van der Waals surface area contributed by atoms with E-state index in [1.807, 2.05) is 36.5 Å². The average molecular weight is 416 g/mol. The van der Waals surface area contributed by atoms with Crippen molar-refractivity contribution in [1.82, 2.24) is 24.8 Å². The molecule has 1 aliphatic heterocycles. The Morgan fingerprint density at radius 1 is 1.16 bits per heavy atom. The molecule has 1 atom stereocenters. The molecule has 1 saturated heterocycles. The smallest absolute Gasteiger partial charge is 0.243 e. The number of carbonyl (C=O) groups is 1. The van der Waals surface area contributed by atoms with Crippen molar-refractivity contribution < 1.29 is 9.21 Å². The lowest BCUT2D eigenvalue weighted by Gasteiger charge is -2.30. The molecule has 1 aromatic carbocycles. The van der Waals surface area contributed by atoms with Gasteiger partial charge in [-0.2, -0.15) is 4.98 Å². The van der Waals surface area contributed by atoms with E-state index in [9.17, 15) is 4.79 Å². The highest BCUT2D eigenvalue weighted by molar-refractivity contribution is 5.85. The van der Waals surface area contributed by atoms with Crippen LogP contribution in [0.1, 0.15) is 31.2 Å². The van der Waals surface area contributed by atoms with Gasteiger partial charge in [0.05, 0.1) is 6.26 Å². The van der Waals surface area contributed by atoms with E-state index in [2.05, 4.69) is 20.2 Å². The first-order chi connectivity index (χ1) is 15.3. The van der Waals surface area contributed by atoms with Gasteiger partial charge in [0.1, 0.15) is 23.8 Å². The predicted molar refractivity (Wildman–Crippen MR) is 117 cm³/mol. The summed E-state index contributed by atoms with van der Waals surface area (Å²) in [4.78, 5) is 28.4. The highest BCUT2D eigenvalue weighted by Crippen LogP contribution is 2.24. The van der Waals surface area contributed by atoms with Crippen molar-refractivity contribution in [3.05, 3.63) is 67.1 Å². The fourth-order valence-corrected chi connectivity index (χ4v) is 4.09. The number of rotatable bonds is 5. The van der Waals surface area contributed by atoms with Crippen LogP contribution in [-0.2, 0) is 11.3 Å². The molecule has 1 N–H and O–H groups in total. The average Bonchev–Trinajstić information content (AvgIpc) is 3.44. The second kappa shape index (κ2) is 8.59. The number of nitrogens with one attached hydrogen (secondary N) is 1. The summed E-state index contributed by atoms with van der Waals surface area (Å²) in [6, 6.07) is 9.52. The summed E-state index contributed by atoms with van der Waals surface area (Å²) in [5.41, 5.74) is 1.90. The third-order valence-corrected chi connectivity index (χ3v) is 5.70. The number of imidazole rings is 1. The van der Waals surface area contributed by atoms with Crippen LogP contribution in [0, 0.1) is 0 Å². The lowest BCUT2D eigenvalue weighted by Crippen LogP contribution is -2.47. The maximum Gasteiger partial charge on any atom is 0.243 e. The van der Waals surface area contributed by atoms with Gasteiger partial charge in [0.15, 0.2) is 0 Å². The Morgan fingerprint density at radius 2 is 2.13 bits per heavy atom. The van der Waals surface area contributed by atoms with Crippen molar-refractivity contribution in [2.24, 2.45) is 0 Å². The molecule has 1 unspecified atom stereocenters. The molecule has 1 fully saturated rings. The molecule has 3 aromatic heterocycles. The van der Waals surface area contributed by atoms with E-state index in [1.54, 1.807) is 29.6 Å². The summed E-state index contributed by atoms with van der Waals surface area (Å²) in [7, 11) is 0. The first kappa shape index (κ1) is 19.3. The third kappa shape index (κ3) is 4.14. The molecule has 1 aliphatic rings. The second-order valence-corrected chi connectivity index (χ2v) is 7.75. The van der Waals surface area contributed by atoms with Crippen LogP contribution in [0.5, 0.6) is 0 Å².